The number of benzene rings is 1. The van der Waals surface area contributed by atoms with Gasteiger partial charge in [-0.1, -0.05) is 12.1 Å². The lowest BCUT2D eigenvalue weighted by Crippen LogP contribution is -2.38. The van der Waals surface area contributed by atoms with Gasteiger partial charge in [-0.15, -0.1) is 24.0 Å². The van der Waals surface area contributed by atoms with Gasteiger partial charge >= 0.3 is 0 Å². The van der Waals surface area contributed by atoms with Crippen molar-refractivity contribution in [3.63, 3.8) is 0 Å². The van der Waals surface area contributed by atoms with Crippen LogP contribution in [0.3, 0.4) is 0 Å². The zero-order valence-corrected chi connectivity index (χ0v) is 17.3. The molecule has 2 aromatic rings. The number of aliphatic imine (C=N–C) groups is 1. The van der Waals surface area contributed by atoms with Crippen molar-refractivity contribution in [3.8, 4) is 0 Å². The molecule has 1 aromatic carbocycles. The Morgan fingerprint density at radius 2 is 2.00 bits per heavy atom. The van der Waals surface area contributed by atoms with Gasteiger partial charge in [0.2, 0.25) is 0 Å². The van der Waals surface area contributed by atoms with Crippen molar-refractivity contribution in [2.45, 2.75) is 13.1 Å². The minimum absolute atomic E-state index is 0. The average Bonchev–Trinajstić information content (AvgIpc) is 3.16. The first-order valence-corrected chi connectivity index (χ1v) is 8.06. The molecule has 7 nitrogen and oxygen atoms in total. The van der Waals surface area contributed by atoms with Crippen molar-refractivity contribution >= 4 is 35.8 Å². The van der Waals surface area contributed by atoms with E-state index in [0.717, 1.165) is 11.3 Å². The van der Waals surface area contributed by atoms with E-state index in [9.17, 15) is 4.79 Å². The molecule has 0 radical (unpaired) electrons. The van der Waals surface area contributed by atoms with E-state index in [1.54, 1.807) is 32.6 Å². The first-order valence-electron chi connectivity index (χ1n) is 8.06. The van der Waals surface area contributed by atoms with Gasteiger partial charge in [-0.3, -0.25) is 9.79 Å². The molecular formula is C18H25IN4O3. The van der Waals surface area contributed by atoms with E-state index < -0.39 is 0 Å². The third-order valence-electron chi connectivity index (χ3n) is 3.47. The second-order valence-electron chi connectivity index (χ2n) is 5.31. The molecule has 1 amide bonds. The van der Waals surface area contributed by atoms with Gasteiger partial charge in [0.25, 0.3) is 5.91 Å². The lowest BCUT2D eigenvalue weighted by molar-refractivity contribution is 0.0948. The van der Waals surface area contributed by atoms with Crippen LogP contribution in [0.1, 0.15) is 21.7 Å². The molecule has 26 heavy (non-hydrogen) atoms. The molecule has 8 heteroatoms. The van der Waals surface area contributed by atoms with Crippen molar-refractivity contribution in [1.82, 2.24) is 16.0 Å². The molecule has 0 unspecified atom stereocenters. The molecule has 1 heterocycles. The monoisotopic (exact) mass is 472 g/mol. The Morgan fingerprint density at radius 1 is 1.15 bits per heavy atom. The predicted octanol–water partition coefficient (Wildman–Crippen LogP) is 2.14. The van der Waals surface area contributed by atoms with Crippen molar-refractivity contribution < 1.29 is 13.9 Å². The van der Waals surface area contributed by atoms with Crippen molar-refractivity contribution in [2.24, 2.45) is 4.99 Å². The van der Waals surface area contributed by atoms with Gasteiger partial charge in [-0.25, -0.2) is 0 Å². The Balaban J connectivity index is 0.00000338. The number of halogens is 1. The SMILES string of the molecule is CN=C(NCCOC)NCc1cccc(C(=O)NCc2ccco2)c1.I. The molecule has 1 aromatic heterocycles. The van der Waals surface area contributed by atoms with E-state index in [1.165, 1.54) is 0 Å². The van der Waals surface area contributed by atoms with Gasteiger partial charge in [-0.05, 0) is 29.8 Å². The Morgan fingerprint density at radius 3 is 2.69 bits per heavy atom. The van der Waals surface area contributed by atoms with Crippen LogP contribution in [0.4, 0.5) is 0 Å². The highest BCUT2D eigenvalue weighted by atomic mass is 127. The highest BCUT2D eigenvalue weighted by Gasteiger charge is 2.07. The van der Waals surface area contributed by atoms with Crippen molar-refractivity contribution in [2.75, 3.05) is 27.3 Å². The number of nitrogens with zero attached hydrogens (tertiary/aromatic N) is 1. The molecule has 0 spiro atoms. The zero-order chi connectivity index (χ0) is 17.9. The maximum Gasteiger partial charge on any atom is 0.251 e. The summed E-state index contributed by atoms with van der Waals surface area (Å²) in [6, 6.07) is 11.1. The van der Waals surface area contributed by atoms with Crippen LogP contribution >= 0.6 is 24.0 Å². The molecule has 0 aliphatic heterocycles. The molecular weight excluding hydrogens is 447 g/mol. The number of carbonyl (C=O) groups excluding carboxylic acids is 1. The maximum absolute atomic E-state index is 12.2. The fourth-order valence-corrected chi connectivity index (χ4v) is 2.18. The first kappa shape index (κ1) is 22.0. The largest absolute Gasteiger partial charge is 0.467 e. The van der Waals surface area contributed by atoms with Gasteiger partial charge in [0.1, 0.15) is 5.76 Å². The molecule has 0 atom stereocenters. The number of nitrogens with one attached hydrogen (secondary N) is 3. The van der Waals surface area contributed by atoms with Crippen LogP contribution < -0.4 is 16.0 Å². The summed E-state index contributed by atoms with van der Waals surface area (Å²) in [6.45, 7) is 2.20. The van der Waals surface area contributed by atoms with Crippen LogP contribution in [0.5, 0.6) is 0 Å². The summed E-state index contributed by atoms with van der Waals surface area (Å²) in [5, 5.41) is 9.18. The molecule has 0 aliphatic rings. The number of rotatable bonds is 8. The fourth-order valence-electron chi connectivity index (χ4n) is 2.18. The zero-order valence-electron chi connectivity index (χ0n) is 15.0. The summed E-state index contributed by atoms with van der Waals surface area (Å²) in [6.07, 6.45) is 1.58. The number of hydrogen-bond donors (Lipinski definition) is 3. The van der Waals surface area contributed by atoms with Gasteiger partial charge in [0.15, 0.2) is 5.96 Å². The van der Waals surface area contributed by atoms with Gasteiger partial charge in [0.05, 0.1) is 19.4 Å². The van der Waals surface area contributed by atoms with E-state index in [2.05, 4.69) is 20.9 Å². The molecule has 0 saturated carbocycles. The van der Waals surface area contributed by atoms with Gasteiger partial charge < -0.3 is 25.1 Å². The highest BCUT2D eigenvalue weighted by molar-refractivity contribution is 14.0. The average molecular weight is 472 g/mol. The molecule has 0 bridgehead atoms. The normalized spacial score (nSPS) is 10.8. The van der Waals surface area contributed by atoms with Crippen molar-refractivity contribution in [3.05, 3.63) is 59.5 Å². The standard InChI is InChI=1S/C18H24N4O3.HI/c1-19-18(20-8-10-24-2)22-12-14-5-3-6-15(11-14)17(23)21-13-16-7-4-9-25-16;/h3-7,9,11H,8,10,12-13H2,1-2H3,(H,21,23)(H2,19,20,22);1H. The van der Waals surface area contributed by atoms with Crippen molar-refractivity contribution in [1.29, 1.82) is 0 Å². The van der Waals surface area contributed by atoms with E-state index in [0.29, 0.717) is 37.8 Å². The van der Waals surface area contributed by atoms with Gasteiger partial charge in [0, 0.05) is 32.8 Å². The van der Waals surface area contributed by atoms with Crippen LogP contribution in [0.2, 0.25) is 0 Å². The smallest absolute Gasteiger partial charge is 0.251 e. The Labute approximate surface area is 170 Å². The fraction of sp³-hybridized carbons (Fsp3) is 0.333. The topological polar surface area (TPSA) is 87.9 Å². The van der Waals surface area contributed by atoms with E-state index >= 15 is 0 Å². The summed E-state index contributed by atoms with van der Waals surface area (Å²) in [5.41, 5.74) is 1.59. The second kappa shape index (κ2) is 12.3. The number of carbonyl (C=O) groups is 1. The van der Waals surface area contributed by atoms with E-state index in [4.69, 9.17) is 9.15 Å². The molecule has 3 N–H and O–H groups in total. The number of hydrogen-bond acceptors (Lipinski definition) is 4. The maximum atomic E-state index is 12.2. The Hall–Kier alpha value is -2.07. The number of ether oxygens (including phenoxy) is 1. The number of guanidine groups is 1. The summed E-state index contributed by atoms with van der Waals surface area (Å²) in [4.78, 5) is 16.4. The molecule has 142 valence electrons. The summed E-state index contributed by atoms with van der Waals surface area (Å²) < 4.78 is 10.2. The Kier molecular flexibility index (Phi) is 10.4. The van der Waals surface area contributed by atoms with E-state index in [-0.39, 0.29) is 29.9 Å². The van der Waals surface area contributed by atoms with Crippen LogP contribution in [-0.2, 0) is 17.8 Å². The molecule has 2 rings (SSSR count). The van der Waals surface area contributed by atoms with Crippen LogP contribution in [-0.4, -0.2) is 39.2 Å². The lowest BCUT2D eigenvalue weighted by atomic mass is 10.1. The van der Waals surface area contributed by atoms with Crippen LogP contribution in [0.25, 0.3) is 0 Å². The Bertz CT molecular complexity index is 690. The summed E-state index contributed by atoms with van der Waals surface area (Å²) in [7, 11) is 3.36. The molecule has 0 aliphatic carbocycles. The summed E-state index contributed by atoms with van der Waals surface area (Å²) in [5.74, 6) is 1.27. The van der Waals surface area contributed by atoms with Crippen LogP contribution in [0, 0.1) is 0 Å². The molecule has 0 saturated heterocycles. The first-order chi connectivity index (χ1) is 12.2. The minimum Gasteiger partial charge on any atom is -0.467 e. The van der Waals surface area contributed by atoms with E-state index in [1.807, 2.05) is 24.3 Å². The second-order valence-corrected chi connectivity index (χ2v) is 5.31. The number of amides is 1. The summed E-state index contributed by atoms with van der Waals surface area (Å²) >= 11 is 0. The highest BCUT2D eigenvalue weighted by Crippen LogP contribution is 2.06. The predicted molar refractivity (Wildman–Crippen MR) is 112 cm³/mol. The van der Waals surface area contributed by atoms with Gasteiger partial charge in [-0.2, -0.15) is 0 Å². The number of methoxy groups -OCH3 is 1. The third-order valence-corrected chi connectivity index (χ3v) is 3.47. The lowest BCUT2D eigenvalue weighted by Gasteiger charge is -2.12. The minimum atomic E-state index is -0.138. The van der Waals surface area contributed by atoms with Crippen LogP contribution in [0.15, 0.2) is 52.1 Å². The third kappa shape index (κ3) is 7.44. The molecule has 0 fully saturated rings. The number of furan rings is 1. The quantitative estimate of drug-likeness (QED) is 0.237.